The van der Waals surface area contributed by atoms with Crippen molar-refractivity contribution in [2.24, 2.45) is 0 Å². The van der Waals surface area contributed by atoms with Crippen molar-refractivity contribution in [3.8, 4) is 17.1 Å². The van der Waals surface area contributed by atoms with Crippen LogP contribution in [0.25, 0.3) is 17.0 Å². The molecule has 2 aromatic carbocycles. The van der Waals surface area contributed by atoms with Crippen LogP contribution >= 0.6 is 0 Å². The molecular weight excluding hydrogens is 338 g/mol. The number of aliphatic hydroxyl groups excluding tert-OH is 1. The lowest BCUT2D eigenvalue weighted by molar-refractivity contribution is -0.386. The smallest absolute Gasteiger partial charge is 0.275 e. The number of methoxy groups -OCH3 is 1. The maximum atomic E-state index is 11.1. The first-order chi connectivity index (χ1) is 12.5. The molecule has 1 N–H and O–H groups in total. The van der Waals surface area contributed by atoms with Crippen LogP contribution in [0.5, 0.6) is 5.75 Å². The predicted octanol–water partition coefficient (Wildman–Crippen LogP) is 3.40. The van der Waals surface area contributed by atoms with Crippen molar-refractivity contribution in [2.75, 3.05) is 7.11 Å². The van der Waals surface area contributed by atoms with Gasteiger partial charge in [-0.15, -0.1) is 0 Å². The number of hydrogen-bond donors (Lipinski definition) is 1. The Hall–Kier alpha value is -3.52. The molecule has 0 aliphatic heterocycles. The number of nitrogens with zero attached hydrogens (tertiary/aromatic N) is 3. The third-order valence-corrected chi connectivity index (χ3v) is 3.81. The summed E-state index contributed by atoms with van der Waals surface area (Å²) in [4.78, 5) is 14.8. The number of benzene rings is 2. The monoisotopic (exact) mass is 353 g/mol. The lowest BCUT2D eigenvalue weighted by Gasteiger charge is -2.11. The van der Waals surface area contributed by atoms with Crippen molar-refractivity contribution in [3.63, 3.8) is 0 Å². The summed E-state index contributed by atoms with van der Waals surface area (Å²) in [5.41, 5.74) is 0.656. The highest BCUT2D eigenvalue weighted by Crippen LogP contribution is 2.33. The van der Waals surface area contributed by atoms with Crippen molar-refractivity contribution < 1.29 is 19.3 Å². The second-order valence-electron chi connectivity index (χ2n) is 5.40. The fourth-order valence-electron chi connectivity index (χ4n) is 2.40. The quantitative estimate of drug-likeness (QED) is 0.534. The number of aromatic nitrogens is 2. The largest absolute Gasteiger partial charge is 0.497 e. The molecule has 0 radical (unpaired) electrons. The van der Waals surface area contributed by atoms with Crippen LogP contribution in [0.4, 0.5) is 5.69 Å². The molecule has 0 bridgehead atoms. The highest BCUT2D eigenvalue weighted by molar-refractivity contribution is 5.66. The Morgan fingerprint density at radius 3 is 2.62 bits per heavy atom. The van der Waals surface area contributed by atoms with Gasteiger partial charge in [0.15, 0.2) is 0 Å². The van der Waals surface area contributed by atoms with Crippen LogP contribution < -0.4 is 4.74 Å². The van der Waals surface area contributed by atoms with Crippen LogP contribution in [0.15, 0.2) is 59.6 Å². The molecule has 1 unspecified atom stereocenters. The highest BCUT2D eigenvalue weighted by Gasteiger charge is 2.25. The molecule has 1 aromatic heterocycles. The van der Waals surface area contributed by atoms with E-state index in [9.17, 15) is 15.2 Å². The summed E-state index contributed by atoms with van der Waals surface area (Å²) in [5.74, 6) is 0.994. The van der Waals surface area contributed by atoms with Gasteiger partial charge in [0.05, 0.1) is 17.6 Å². The summed E-state index contributed by atoms with van der Waals surface area (Å²) < 4.78 is 10.3. The topological polar surface area (TPSA) is 112 Å². The molecule has 8 nitrogen and oxygen atoms in total. The zero-order valence-corrected chi connectivity index (χ0v) is 13.8. The Balaban J connectivity index is 1.87. The molecule has 0 aliphatic rings. The summed E-state index contributed by atoms with van der Waals surface area (Å²) in [6, 6.07) is 12.9. The van der Waals surface area contributed by atoms with Crippen LogP contribution in [-0.4, -0.2) is 27.3 Å². The molecule has 3 aromatic rings. The highest BCUT2D eigenvalue weighted by atomic mass is 16.6. The van der Waals surface area contributed by atoms with E-state index in [1.165, 1.54) is 18.2 Å². The van der Waals surface area contributed by atoms with Crippen LogP contribution in [-0.2, 0) is 0 Å². The lowest BCUT2D eigenvalue weighted by atomic mass is 10.0. The van der Waals surface area contributed by atoms with Gasteiger partial charge in [-0.05, 0) is 30.3 Å². The first kappa shape index (κ1) is 17.3. The molecule has 0 fully saturated rings. The second-order valence-corrected chi connectivity index (χ2v) is 5.40. The second kappa shape index (κ2) is 7.16. The van der Waals surface area contributed by atoms with E-state index >= 15 is 0 Å². The Labute approximate surface area is 148 Å². The fraction of sp³-hybridized carbons (Fsp3) is 0.111. The van der Waals surface area contributed by atoms with Gasteiger partial charge in [0.1, 0.15) is 11.9 Å². The maximum Gasteiger partial charge on any atom is 0.275 e. The first-order valence-corrected chi connectivity index (χ1v) is 7.60. The number of nitro groups is 1. The number of para-hydroxylation sites is 1. The normalized spacial score (nSPS) is 11.8. The van der Waals surface area contributed by atoms with Gasteiger partial charge in [0.2, 0.25) is 5.82 Å². The van der Waals surface area contributed by atoms with E-state index < -0.39 is 11.0 Å². The molecule has 26 heavy (non-hydrogen) atoms. The van der Waals surface area contributed by atoms with Crippen molar-refractivity contribution >= 4 is 11.3 Å². The average Bonchev–Trinajstić information content (AvgIpc) is 3.17. The summed E-state index contributed by atoms with van der Waals surface area (Å²) in [6.45, 7) is 3.75. The van der Waals surface area contributed by atoms with Gasteiger partial charge in [0, 0.05) is 17.2 Å². The summed E-state index contributed by atoms with van der Waals surface area (Å²) >= 11 is 0. The van der Waals surface area contributed by atoms with Crippen molar-refractivity contribution in [3.05, 3.63) is 76.7 Å². The van der Waals surface area contributed by atoms with Gasteiger partial charge in [-0.25, -0.2) is 0 Å². The van der Waals surface area contributed by atoms with E-state index in [0.29, 0.717) is 17.1 Å². The van der Waals surface area contributed by atoms with Crippen LogP contribution in [0.3, 0.4) is 0 Å². The van der Waals surface area contributed by atoms with Gasteiger partial charge in [-0.2, -0.15) is 4.98 Å². The van der Waals surface area contributed by atoms with E-state index in [1.54, 1.807) is 37.4 Å². The maximum absolute atomic E-state index is 11.1. The molecule has 3 rings (SSSR count). The zero-order chi connectivity index (χ0) is 18.7. The Morgan fingerprint density at radius 1 is 1.27 bits per heavy atom. The van der Waals surface area contributed by atoms with Crippen LogP contribution in [0.1, 0.15) is 17.6 Å². The number of hydrogen-bond acceptors (Lipinski definition) is 7. The molecule has 0 amide bonds. The van der Waals surface area contributed by atoms with Crippen molar-refractivity contribution in [1.82, 2.24) is 10.1 Å². The molecule has 132 valence electrons. The molecule has 0 aliphatic carbocycles. The number of rotatable bonds is 6. The van der Waals surface area contributed by atoms with E-state index in [0.717, 1.165) is 0 Å². The molecule has 0 saturated carbocycles. The molecule has 8 heteroatoms. The summed E-state index contributed by atoms with van der Waals surface area (Å²) in [6.07, 6.45) is -1.35. The molecule has 0 saturated heterocycles. The number of aliphatic hydroxyl groups is 1. The number of ether oxygens (including phenoxy) is 1. The van der Waals surface area contributed by atoms with Gasteiger partial charge < -0.3 is 14.4 Å². The third kappa shape index (κ3) is 3.31. The van der Waals surface area contributed by atoms with Crippen LogP contribution in [0.2, 0.25) is 0 Å². The minimum Gasteiger partial charge on any atom is -0.497 e. The Bertz CT molecular complexity index is 949. The molecular formula is C18H15N3O5. The van der Waals surface area contributed by atoms with Gasteiger partial charge in [-0.3, -0.25) is 10.1 Å². The lowest BCUT2D eigenvalue weighted by Crippen LogP contribution is -2.04. The SMILES string of the molecule is C=C(c1nc(-c2ccc(OC)cc2)no1)C(O)c1ccccc1[N+](=O)[O-]. The van der Waals surface area contributed by atoms with Crippen molar-refractivity contribution in [2.45, 2.75) is 6.10 Å². The standard InChI is InChI=1S/C18H15N3O5/c1-11(16(22)14-5-3-4-6-15(14)21(23)24)18-19-17(20-26-18)12-7-9-13(25-2)10-8-12/h3-10,16,22H,1H2,2H3. The predicted molar refractivity (Wildman–Crippen MR) is 93.4 cm³/mol. The van der Waals surface area contributed by atoms with Gasteiger partial charge >= 0.3 is 0 Å². The first-order valence-electron chi connectivity index (χ1n) is 7.60. The minimum atomic E-state index is -1.35. The zero-order valence-electron chi connectivity index (χ0n) is 13.8. The minimum absolute atomic E-state index is 0.00136. The van der Waals surface area contributed by atoms with Gasteiger partial charge in [-0.1, -0.05) is 23.9 Å². The molecule has 1 atom stereocenters. The summed E-state index contributed by atoms with van der Waals surface area (Å²) in [5, 5.41) is 25.5. The van der Waals surface area contributed by atoms with E-state index in [1.807, 2.05) is 0 Å². The van der Waals surface area contributed by atoms with Crippen molar-refractivity contribution in [1.29, 1.82) is 0 Å². The van der Waals surface area contributed by atoms with E-state index in [-0.39, 0.29) is 22.7 Å². The third-order valence-electron chi connectivity index (χ3n) is 3.81. The molecule has 0 spiro atoms. The fourth-order valence-corrected chi connectivity index (χ4v) is 2.40. The Kier molecular flexibility index (Phi) is 4.76. The molecule has 1 heterocycles. The van der Waals surface area contributed by atoms with Crippen LogP contribution in [0, 0.1) is 10.1 Å². The summed E-state index contributed by atoms with van der Waals surface area (Å²) in [7, 11) is 1.57. The number of nitro benzene ring substituents is 1. The van der Waals surface area contributed by atoms with E-state index in [4.69, 9.17) is 9.26 Å². The average molecular weight is 353 g/mol. The van der Waals surface area contributed by atoms with Gasteiger partial charge in [0.25, 0.3) is 11.6 Å². The van der Waals surface area contributed by atoms with E-state index in [2.05, 4.69) is 16.7 Å². The Morgan fingerprint density at radius 2 is 1.96 bits per heavy atom.